The Bertz CT molecular complexity index is 381. The molecule has 1 aromatic rings. The number of hydrogen-bond donors (Lipinski definition) is 1. The summed E-state index contributed by atoms with van der Waals surface area (Å²) in [5.41, 5.74) is -1.15. The molecule has 0 spiro atoms. The van der Waals surface area contributed by atoms with Crippen LogP contribution in [0.4, 0.5) is 13.2 Å². The van der Waals surface area contributed by atoms with E-state index in [-0.39, 0.29) is 12.0 Å². The molecule has 80 valence electrons. The third-order valence-electron chi connectivity index (χ3n) is 1.91. The molecule has 0 saturated heterocycles. The molecular weight excluding hydrogens is 207 g/mol. The molecule has 0 fully saturated rings. The van der Waals surface area contributed by atoms with Crippen molar-refractivity contribution >= 4 is 0 Å². The fourth-order valence-electron chi connectivity index (χ4n) is 1.24. The molecule has 0 aliphatic carbocycles. The monoisotopic (exact) mass is 215 g/mol. The Hall–Kier alpha value is -1.54. The van der Waals surface area contributed by atoms with Gasteiger partial charge in [-0.25, -0.2) is 0 Å². The molecule has 1 N–H and O–H groups in total. The molecule has 5 heteroatoms. The Morgan fingerprint density at radius 1 is 1.33 bits per heavy atom. The highest BCUT2D eigenvalue weighted by molar-refractivity contribution is 5.31. The average Bonchev–Trinajstić information content (AvgIpc) is 2.17. The van der Waals surface area contributed by atoms with Crippen molar-refractivity contribution in [2.24, 2.45) is 0 Å². The molecule has 0 bridgehead atoms. The van der Waals surface area contributed by atoms with E-state index < -0.39 is 17.8 Å². The van der Waals surface area contributed by atoms with Gasteiger partial charge < -0.3 is 5.11 Å². The van der Waals surface area contributed by atoms with Crippen molar-refractivity contribution in [3.63, 3.8) is 0 Å². The number of aliphatic hydroxyl groups excluding tert-OH is 1. The highest BCUT2D eigenvalue weighted by atomic mass is 19.4. The maximum atomic E-state index is 12.5. The molecule has 0 aliphatic rings. The van der Waals surface area contributed by atoms with E-state index in [1.54, 1.807) is 6.07 Å². The van der Waals surface area contributed by atoms with Gasteiger partial charge in [-0.05, 0) is 11.6 Å². The van der Waals surface area contributed by atoms with Crippen molar-refractivity contribution in [3.8, 4) is 6.07 Å². The fourth-order valence-corrected chi connectivity index (χ4v) is 1.24. The lowest BCUT2D eigenvalue weighted by atomic mass is 10.0. The number of nitriles is 1. The first-order valence-corrected chi connectivity index (χ1v) is 4.18. The zero-order valence-corrected chi connectivity index (χ0v) is 7.62. The van der Waals surface area contributed by atoms with Gasteiger partial charge in [-0.15, -0.1) is 0 Å². The van der Waals surface area contributed by atoms with E-state index >= 15 is 0 Å². The largest absolute Gasteiger partial charge is 0.416 e. The van der Waals surface area contributed by atoms with Crippen molar-refractivity contribution < 1.29 is 18.3 Å². The third kappa shape index (κ3) is 2.70. The zero-order chi connectivity index (χ0) is 11.5. The normalized spacial score (nSPS) is 13.3. The van der Waals surface area contributed by atoms with E-state index in [1.807, 2.05) is 0 Å². The summed E-state index contributed by atoms with van der Waals surface area (Å²) < 4.78 is 37.4. The molecule has 2 nitrogen and oxygen atoms in total. The Morgan fingerprint density at radius 2 is 1.93 bits per heavy atom. The summed E-state index contributed by atoms with van der Waals surface area (Å²) in [5.74, 6) is 0. The second-order valence-electron chi connectivity index (χ2n) is 2.96. The third-order valence-corrected chi connectivity index (χ3v) is 1.91. The van der Waals surface area contributed by atoms with Gasteiger partial charge in [0.25, 0.3) is 0 Å². The van der Waals surface area contributed by atoms with Crippen LogP contribution in [0.1, 0.15) is 23.7 Å². The summed E-state index contributed by atoms with van der Waals surface area (Å²) in [5, 5.41) is 17.6. The van der Waals surface area contributed by atoms with E-state index in [0.29, 0.717) is 0 Å². The maximum absolute atomic E-state index is 12.5. The minimum Gasteiger partial charge on any atom is -0.387 e. The molecule has 0 amide bonds. The van der Waals surface area contributed by atoms with Gasteiger partial charge in [-0.3, -0.25) is 0 Å². The minimum atomic E-state index is -4.51. The van der Waals surface area contributed by atoms with Crippen LogP contribution in [0.3, 0.4) is 0 Å². The SMILES string of the molecule is N#CCC(O)c1ccccc1C(F)(F)F. The van der Waals surface area contributed by atoms with Crippen molar-refractivity contribution in [1.29, 1.82) is 5.26 Å². The van der Waals surface area contributed by atoms with E-state index in [2.05, 4.69) is 0 Å². The van der Waals surface area contributed by atoms with Crippen LogP contribution < -0.4 is 0 Å². The van der Waals surface area contributed by atoms with Gasteiger partial charge in [0.2, 0.25) is 0 Å². The van der Waals surface area contributed by atoms with Crippen LogP contribution in [-0.4, -0.2) is 5.11 Å². The fraction of sp³-hybridized carbons (Fsp3) is 0.300. The number of halogens is 3. The standard InChI is InChI=1S/C10H8F3NO/c11-10(12,13)8-4-2-1-3-7(8)9(15)5-6-14/h1-4,9,15H,5H2. The Balaban J connectivity index is 3.13. The summed E-state index contributed by atoms with van der Waals surface area (Å²) in [6, 6.07) is 6.32. The number of nitrogens with zero attached hydrogens (tertiary/aromatic N) is 1. The van der Waals surface area contributed by atoms with Crippen LogP contribution in [0.2, 0.25) is 0 Å². The van der Waals surface area contributed by atoms with Crippen molar-refractivity contribution in [2.75, 3.05) is 0 Å². The lowest BCUT2D eigenvalue weighted by molar-refractivity contribution is -0.139. The summed E-state index contributed by atoms with van der Waals surface area (Å²) >= 11 is 0. The van der Waals surface area contributed by atoms with Crippen LogP contribution in [0.5, 0.6) is 0 Å². The van der Waals surface area contributed by atoms with Crippen LogP contribution in [0.25, 0.3) is 0 Å². The summed E-state index contributed by atoms with van der Waals surface area (Å²) in [4.78, 5) is 0. The molecule has 0 aromatic heterocycles. The van der Waals surface area contributed by atoms with Crippen molar-refractivity contribution in [2.45, 2.75) is 18.7 Å². The van der Waals surface area contributed by atoms with E-state index in [9.17, 15) is 18.3 Å². The van der Waals surface area contributed by atoms with Gasteiger partial charge in [-0.1, -0.05) is 18.2 Å². The van der Waals surface area contributed by atoms with Gasteiger partial charge in [0.05, 0.1) is 24.2 Å². The molecule has 0 radical (unpaired) electrons. The van der Waals surface area contributed by atoms with Gasteiger partial charge in [0.1, 0.15) is 0 Å². The average molecular weight is 215 g/mol. The highest BCUT2D eigenvalue weighted by Crippen LogP contribution is 2.35. The van der Waals surface area contributed by atoms with Gasteiger partial charge in [0.15, 0.2) is 0 Å². The quantitative estimate of drug-likeness (QED) is 0.824. The molecule has 15 heavy (non-hydrogen) atoms. The highest BCUT2D eigenvalue weighted by Gasteiger charge is 2.34. The lowest BCUT2D eigenvalue weighted by Crippen LogP contribution is -2.11. The second-order valence-corrected chi connectivity index (χ2v) is 2.96. The number of benzene rings is 1. The number of hydrogen-bond acceptors (Lipinski definition) is 2. The molecular formula is C10H8F3NO. The molecule has 1 rings (SSSR count). The topological polar surface area (TPSA) is 44.0 Å². The smallest absolute Gasteiger partial charge is 0.387 e. The molecule has 1 unspecified atom stereocenters. The molecule has 1 aromatic carbocycles. The van der Waals surface area contributed by atoms with Gasteiger partial charge >= 0.3 is 6.18 Å². The molecule has 0 heterocycles. The Kier molecular flexibility index (Phi) is 3.32. The van der Waals surface area contributed by atoms with Crippen LogP contribution in [-0.2, 0) is 6.18 Å². The first kappa shape index (κ1) is 11.5. The maximum Gasteiger partial charge on any atom is 0.416 e. The minimum absolute atomic E-state index is 0.258. The van der Waals surface area contributed by atoms with E-state index in [1.165, 1.54) is 18.2 Å². The molecule has 0 aliphatic heterocycles. The van der Waals surface area contributed by atoms with Crippen LogP contribution in [0, 0.1) is 11.3 Å². The van der Waals surface area contributed by atoms with Crippen molar-refractivity contribution in [3.05, 3.63) is 35.4 Å². The first-order valence-electron chi connectivity index (χ1n) is 4.18. The second kappa shape index (κ2) is 4.32. The summed E-state index contributed by atoms with van der Waals surface area (Å²) in [6.07, 6.45) is -6.26. The lowest BCUT2D eigenvalue weighted by Gasteiger charge is -2.15. The summed E-state index contributed by atoms with van der Waals surface area (Å²) in [7, 11) is 0. The first-order chi connectivity index (χ1) is 6.96. The van der Waals surface area contributed by atoms with Crippen molar-refractivity contribution in [1.82, 2.24) is 0 Å². The van der Waals surface area contributed by atoms with E-state index in [0.717, 1.165) is 6.07 Å². The summed E-state index contributed by atoms with van der Waals surface area (Å²) in [6.45, 7) is 0. The zero-order valence-electron chi connectivity index (χ0n) is 7.62. The van der Waals surface area contributed by atoms with Crippen LogP contribution >= 0.6 is 0 Å². The Labute approximate surface area is 84.6 Å². The number of alkyl halides is 3. The Morgan fingerprint density at radius 3 is 2.47 bits per heavy atom. The van der Waals surface area contributed by atoms with Crippen LogP contribution in [0.15, 0.2) is 24.3 Å². The molecule has 1 atom stereocenters. The van der Waals surface area contributed by atoms with Gasteiger partial charge in [-0.2, -0.15) is 18.4 Å². The van der Waals surface area contributed by atoms with Gasteiger partial charge in [0, 0.05) is 0 Å². The molecule has 0 saturated carbocycles. The predicted octanol–water partition coefficient (Wildman–Crippen LogP) is 2.65. The number of aliphatic hydroxyl groups is 1. The van der Waals surface area contributed by atoms with E-state index in [4.69, 9.17) is 5.26 Å². The number of rotatable bonds is 2. The predicted molar refractivity (Wildman–Crippen MR) is 46.6 cm³/mol.